The van der Waals surface area contributed by atoms with Crippen molar-refractivity contribution in [2.45, 2.75) is 13.3 Å². The Bertz CT molecular complexity index is 571. The van der Waals surface area contributed by atoms with Crippen molar-refractivity contribution in [1.29, 1.82) is 0 Å². The van der Waals surface area contributed by atoms with Gasteiger partial charge < -0.3 is 11.5 Å². The van der Waals surface area contributed by atoms with E-state index in [4.69, 9.17) is 11.5 Å². The predicted molar refractivity (Wildman–Crippen MR) is 72.0 cm³/mol. The number of hydrogen-bond acceptors (Lipinski definition) is 3. The van der Waals surface area contributed by atoms with Crippen LogP contribution in [0.1, 0.15) is 11.8 Å². The number of amides is 2. The topological polar surface area (TPSA) is 86.2 Å². The second-order valence-electron chi connectivity index (χ2n) is 4.49. The van der Waals surface area contributed by atoms with Crippen LogP contribution in [-0.2, 0) is 16.0 Å². The van der Waals surface area contributed by atoms with Crippen molar-refractivity contribution in [3.05, 3.63) is 35.2 Å². The van der Waals surface area contributed by atoms with Crippen LogP contribution < -0.4 is 11.5 Å². The molecule has 0 saturated carbocycles. The van der Waals surface area contributed by atoms with Gasteiger partial charge in [0.15, 0.2) is 0 Å². The first kappa shape index (κ1) is 12.6. The third kappa shape index (κ3) is 2.09. The Morgan fingerprint density at radius 1 is 1.22 bits per heavy atom. The first-order valence-corrected chi connectivity index (χ1v) is 6.32. The molecule has 2 rings (SSSR count). The molecule has 0 spiro atoms. The van der Waals surface area contributed by atoms with E-state index in [1.807, 2.05) is 30.3 Å². The summed E-state index contributed by atoms with van der Waals surface area (Å²) in [5.74, 6) is -1.38. The summed E-state index contributed by atoms with van der Waals surface area (Å²) in [6.45, 7) is 1.49. The SMILES string of the molecule is CC(Cc1cc2ccccc2s1)(C(N)=O)C(N)=O. The van der Waals surface area contributed by atoms with Gasteiger partial charge in [0, 0.05) is 16.0 Å². The van der Waals surface area contributed by atoms with Gasteiger partial charge >= 0.3 is 0 Å². The Labute approximate surface area is 109 Å². The number of hydrogen-bond donors (Lipinski definition) is 2. The molecule has 18 heavy (non-hydrogen) atoms. The average Bonchev–Trinajstić information content (AvgIpc) is 2.70. The summed E-state index contributed by atoms with van der Waals surface area (Å²) in [6.07, 6.45) is 0.247. The number of carbonyl (C=O) groups is 2. The fourth-order valence-electron chi connectivity index (χ4n) is 1.77. The van der Waals surface area contributed by atoms with Crippen molar-refractivity contribution in [3.8, 4) is 0 Å². The van der Waals surface area contributed by atoms with E-state index in [9.17, 15) is 9.59 Å². The first-order chi connectivity index (χ1) is 8.43. The quantitative estimate of drug-likeness (QED) is 0.816. The highest BCUT2D eigenvalue weighted by Gasteiger charge is 2.38. The van der Waals surface area contributed by atoms with Crippen LogP contribution in [0.25, 0.3) is 10.1 Å². The molecule has 0 bridgehead atoms. The molecular weight excluding hydrogens is 248 g/mol. The molecule has 1 aromatic heterocycles. The van der Waals surface area contributed by atoms with Gasteiger partial charge in [0.1, 0.15) is 5.41 Å². The number of nitrogens with two attached hydrogens (primary N) is 2. The Balaban J connectivity index is 2.38. The summed E-state index contributed by atoms with van der Waals surface area (Å²) >= 11 is 1.54. The molecule has 2 aromatic rings. The van der Waals surface area contributed by atoms with Gasteiger partial charge in [-0.2, -0.15) is 0 Å². The van der Waals surface area contributed by atoms with Crippen LogP contribution >= 0.6 is 11.3 Å². The van der Waals surface area contributed by atoms with E-state index in [1.54, 1.807) is 11.3 Å². The van der Waals surface area contributed by atoms with Crippen LogP contribution in [-0.4, -0.2) is 11.8 Å². The normalized spacial score (nSPS) is 11.6. The molecule has 0 atom stereocenters. The minimum atomic E-state index is -1.33. The highest BCUT2D eigenvalue weighted by molar-refractivity contribution is 7.19. The number of carbonyl (C=O) groups excluding carboxylic acids is 2. The molecule has 1 heterocycles. The highest BCUT2D eigenvalue weighted by Crippen LogP contribution is 2.31. The van der Waals surface area contributed by atoms with E-state index >= 15 is 0 Å². The minimum absolute atomic E-state index is 0.247. The summed E-state index contributed by atoms with van der Waals surface area (Å²) in [7, 11) is 0. The molecule has 4 N–H and O–H groups in total. The molecule has 1 aromatic carbocycles. The molecule has 0 saturated heterocycles. The van der Waals surface area contributed by atoms with Crippen molar-refractivity contribution in [2.24, 2.45) is 16.9 Å². The Hall–Kier alpha value is -1.88. The number of thiophene rings is 1. The fraction of sp³-hybridized carbons (Fsp3) is 0.231. The van der Waals surface area contributed by atoms with Crippen molar-refractivity contribution in [1.82, 2.24) is 0 Å². The van der Waals surface area contributed by atoms with Gasteiger partial charge in [-0.1, -0.05) is 18.2 Å². The molecule has 0 aliphatic heterocycles. The maximum Gasteiger partial charge on any atom is 0.233 e. The zero-order valence-corrected chi connectivity index (χ0v) is 10.8. The van der Waals surface area contributed by atoms with Crippen LogP contribution in [0.3, 0.4) is 0 Å². The Kier molecular flexibility index (Phi) is 3.09. The number of benzene rings is 1. The van der Waals surface area contributed by atoms with Gasteiger partial charge in [-0.05, 0) is 24.4 Å². The van der Waals surface area contributed by atoms with Gasteiger partial charge in [0.05, 0.1) is 0 Å². The van der Waals surface area contributed by atoms with Gasteiger partial charge in [-0.15, -0.1) is 11.3 Å². The largest absolute Gasteiger partial charge is 0.369 e. The van der Waals surface area contributed by atoms with E-state index in [1.165, 1.54) is 6.92 Å². The summed E-state index contributed by atoms with van der Waals surface area (Å²) in [6, 6.07) is 9.84. The van der Waals surface area contributed by atoms with Crippen LogP contribution in [0, 0.1) is 5.41 Å². The highest BCUT2D eigenvalue weighted by atomic mass is 32.1. The van der Waals surface area contributed by atoms with Gasteiger partial charge in [0.2, 0.25) is 11.8 Å². The lowest BCUT2D eigenvalue weighted by molar-refractivity contribution is -0.138. The van der Waals surface area contributed by atoms with Crippen molar-refractivity contribution in [3.63, 3.8) is 0 Å². The second-order valence-corrected chi connectivity index (χ2v) is 5.66. The minimum Gasteiger partial charge on any atom is -0.369 e. The summed E-state index contributed by atoms with van der Waals surface area (Å²) in [4.78, 5) is 23.7. The number of primary amides is 2. The lowest BCUT2D eigenvalue weighted by Gasteiger charge is -2.20. The standard InChI is InChI=1S/C13H14N2O2S/c1-13(11(14)16,12(15)17)7-9-6-8-4-2-3-5-10(8)18-9/h2-6H,7H2,1H3,(H2,14,16)(H2,15,17). The Morgan fingerprint density at radius 3 is 2.39 bits per heavy atom. The monoisotopic (exact) mass is 262 g/mol. The molecule has 0 fully saturated rings. The molecule has 5 heteroatoms. The van der Waals surface area contributed by atoms with Gasteiger partial charge in [-0.25, -0.2) is 0 Å². The van der Waals surface area contributed by atoms with Crippen LogP contribution in [0.4, 0.5) is 0 Å². The van der Waals surface area contributed by atoms with E-state index in [0.717, 1.165) is 15.0 Å². The fourth-order valence-corrected chi connectivity index (χ4v) is 2.99. The number of rotatable bonds is 4. The molecule has 2 amide bonds. The van der Waals surface area contributed by atoms with Crippen molar-refractivity contribution < 1.29 is 9.59 Å². The van der Waals surface area contributed by atoms with Crippen LogP contribution in [0.15, 0.2) is 30.3 Å². The van der Waals surface area contributed by atoms with Gasteiger partial charge in [0.25, 0.3) is 0 Å². The molecule has 4 nitrogen and oxygen atoms in total. The second kappa shape index (κ2) is 4.42. The van der Waals surface area contributed by atoms with Crippen LogP contribution in [0.5, 0.6) is 0 Å². The van der Waals surface area contributed by atoms with E-state index < -0.39 is 17.2 Å². The van der Waals surface area contributed by atoms with E-state index in [0.29, 0.717) is 0 Å². The Morgan fingerprint density at radius 2 is 1.83 bits per heavy atom. The zero-order valence-electron chi connectivity index (χ0n) is 9.97. The maximum absolute atomic E-state index is 11.4. The number of fused-ring (bicyclic) bond motifs is 1. The van der Waals surface area contributed by atoms with E-state index in [-0.39, 0.29) is 6.42 Å². The summed E-state index contributed by atoms with van der Waals surface area (Å²) in [5, 5.41) is 1.09. The molecule has 0 aliphatic rings. The average molecular weight is 262 g/mol. The van der Waals surface area contributed by atoms with Gasteiger partial charge in [-0.3, -0.25) is 9.59 Å². The molecular formula is C13H14N2O2S. The van der Waals surface area contributed by atoms with Crippen molar-refractivity contribution >= 4 is 33.2 Å². The summed E-state index contributed by atoms with van der Waals surface area (Å²) in [5.41, 5.74) is 9.23. The van der Waals surface area contributed by atoms with E-state index in [2.05, 4.69) is 0 Å². The third-order valence-corrected chi connectivity index (χ3v) is 4.21. The third-order valence-electron chi connectivity index (χ3n) is 3.09. The lowest BCUT2D eigenvalue weighted by atomic mass is 9.84. The first-order valence-electron chi connectivity index (χ1n) is 5.51. The zero-order chi connectivity index (χ0) is 13.3. The lowest BCUT2D eigenvalue weighted by Crippen LogP contribution is -2.46. The smallest absolute Gasteiger partial charge is 0.233 e. The molecule has 0 radical (unpaired) electrons. The molecule has 0 aliphatic carbocycles. The van der Waals surface area contributed by atoms with Crippen LogP contribution in [0.2, 0.25) is 0 Å². The molecule has 0 unspecified atom stereocenters. The summed E-state index contributed by atoms with van der Waals surface area (Å²) < 4.78 is 1.11. The predicted octanol–water partition coefficient (Wildman–Crippen LogP) is 1.42. The van der Waals surface area contributed by atoms with Crippen molar-refractivity contribution in [2.75, 3.05) is 0 Å². The maximum atomic E-state index is 11.4. The molecule has 94 valence electrons.